The molecule has 6 heteroatoms. The third-order valence-corrected chi connectivity index (χ3v) is 4.78. The van der Waals surface area contributed by atoms with Gasteiger partial charge in [0.25, 0.3) is 0 Å². The van der Waals surface area contributed by atoms with Crippen LogP contribution in [-0.4, -0.2) is 29.6 Å². The maximum Gasteiger partial charge on any atom is 0.346 e. The molecule has 2 N–H and O–H groups in total. The van der Waals surface area contributed by atoms with E-state index in [0.717, 1.165) is 25.7 Å². The first-order valence-corrected chi connectivity index (χ1v) is 8.24. The number of carbonyl (C=O) groups is 2. The van der Waals surface area contributed by atoms with E-state index in [2.05, 4.69) is 5.32 Å². The SMILES string of the molecule is CC(C)(C(=O)NCC(Oc1ccc(F)cc1)C(=O)O)C1CCCC1. The minimum absolute atomic E-state index is 0.137. The summed E-state index contributed by atoms with van der Waals surface area (Å²) in [7, 11) is 0. The Morgan fingerprint density at radius 2 is 1.88 bits per heavy atom. The van der Waals surface area contributed by atoms with Crippen LogP contribution in [0.5, 0.6) is 5.75 Å². The Kier molecular flexibility index (Phi) is 5.80. The second-order valence-corrected chi connectivity index (χ2v) is 6.81. The molecule has 0 heterocycles. The highest BCUT2D eigenvalue weighted by molar-refractivity contribution is 5.83. The second kappa shape index (κ2) is 7.64. The van der Waals surface area contributed by atoms with Crippen molar-refractivity contribution in [1.29, 1.82) is 0 Å². The molecule has 1 saturated carbocycles. The number of rotatable bonds is 7. The molecule has 1 fully saturated rings. The summed E-state index contributed by atoms with van der Waals surface area (Å²) in [5.41, 5.74) is -0.532. The van der Waals surface area contributed by atoms with Gasteiger partial charge in [0.15, 0.2) is 0 Å². The number of ether oxygens (including phenoxy) is 1. The third-order valence-electron chi connectivity index (χ3n) is 4.78. The highest BCUT2D eigenvalue weighted by atomic mass is 19.1. The summed E-state index contributed by atoms with van der Waals surface area (Å²) in [6, 6.07) is 5.09. The van der Waals surface area contributed by atoms with Gasteiger partial charge in [-0.05, 0) is 43.0 Å². The first kappa shape index (κ1) is 18.2. The van der Waals surface area contributed by atoms with Gasteiger partial charge in [0.05, 0.1) is 6.54 Å². The van der Waals surface area contributed by atoms with Gasteiger partial charge in [-0.2, -0.15) is 0 Å². The zero-order chi connectivity index (χ0) is 17.7. The van der Waals surface area contributed by atoms with E-state index in [1.54, 1.807) is 0 Å². The van der Waals surface area contributed by atoms with Crippen molar-refractivity contribution >= 4 is 11.9 Å². The van der Waals surface area contributed by atoms with Gasteiger partial charge in [-0.15, -0.1) is 0 Å². The molecule has 132 valence electrons. The van der Waals surface area contributed by atoms with Crippen LogP contribution in [0.2, 0.25) is 0 Å². The van der Waals surface area contributed by atoms with Crippen LogP contribution in [0.3, 0.4) is 0 Å². The highest BCUT2D eigenvalue weighted by Crippen LogP contribution is 2.39. The van der Waals surface area contributed by atoms with E-state index in [4.69, 9.17) is 4.74 Å². The molecule has 1 atom stereocenters. The van der Waals surface area contributed by atoms with Gasteiger partial charge in [0.2, 0.25) is 12.0 Å². The number of nitrogens with one attached hydrogen (secondary N) is 1. The molecule has 2 rings (SSSR count). The molecule has 0 bridgehead atoms. The first-order chi connectivity index (χ1) is 11.3. The molecular weight excluding hydrogens is 313 g/mol. The monoisotopic (exact) mass is 337 g/mol. The van der Waals surface area contributed by atoms with Gasteiger partial charge >= 0.3 is 5.97 Å². The molecule has 5 nitrogen and oxygen atoms in total. The summed E-state index contributed by atoms with van der Waals surface area (Å²) in [4.78, 5) is 23.8. The lowest BCUT2D eigenvalue weighted by atomic mass is 9.77. The van der Waals surface area contributed by atoms with E-state index in [-0.39, 0.29) is 18.2 Å². The number of carboxylic acid groups (broad SMARTS) is 1. The first-order valence-electron chi connectivity index (χ1n) is 8.24. The lowest BCUT2D eigenvalue weighted by Crippen LogP contribution is -2.46. The predicted molar refractivity (Wildman–Crippen MR) is 87.2 cm³/mol. The van der Waals surface area contributed by atoms with Gasteiger partial charge in [0.1, 0.15) is 11.6 Å². The fourth-order valence-corrected chi connectivity index (χ4v) is 3.10. The van der Waals surface area contributed by atoms with Crippen molar-refractivity contribution in [1.82, 2.24) is 5.32 Å². The molecule has 0 aliphatic heterocycles. The van der Waals surface area contributed by atoms with Crippen LogP contribution in [0.4, 0.5) is 4.39 Å². The number of amides is 1. The normalized spacial score (nSPS) is 16.6. The van der Waals surface area contributed by atoms with Crippen LogP contribution in [0, 0.1) is 17.2 Å². The van der Waals surface area contributed by atoms with E-state index < -0.39 is 23.3 Å². The van der Waals surface area contributed by atoms with E-state index in [0.29, 0.717) is 5.92 Å². The number of hydrogen-bond donors (Lipinski definition) is 2. The largest absolute Gasteiger partial charge is 0.478 e. The molecule has 1 unspecified atom stereocenters. The molecule has 0 spiro atoms. The van der Waals surface area contributed by atoms with Crippen molar-refractivity contribution in [3.8, 4) is 5.75 Å². The maximum absolute atomic E-state index is 12.9. The lowest BCUT2D eigenvalue weighted by molar-refractivity contribution is -0.145. The molecule has 1 aliphatic carbocycles. The van der Waals surface area contributed by atoms with Crippen LogP contribution >= 0.6 is 0 Å². The number of aliphatic carboxylic acids is 1. The third kappa shape index (κ3) is 4.46. The summed E-state index contributed by atoms with van der Waals surface area (Å²) < 4.78 is 18.2. The molecular formula is C18H24FNO4. The number of hydrogen-bond acceptors (Lipinski definition) is 3. The summed E-state index contributed by atoms with van der Waals surface area (Å²) in [5.74, 6) is -1.21. The molecule has 1 aromatic carbocycles. The van der Waals surface area contributed by atoms with Crippen molar-refractivity contribution in [2.24, 2.45) is 11.3 Å². The minimum Gasteiger partial charge on any atom is -0.478 e. The topological polar surface area (TPSA) is 75.6 Å². The van der Waals surface area contributed by atoms with E-state index >= 15 is 0 Å². The van der Waals surface area contributed by atoms with Crippen LogP contribution in [-0.2, 0) is 9.59 Å². The zero-order valence-corrected chi connectivity index (χ0v) is 14.0. The van der Waals surface area contributed by atoms with Crippen molar-refractivity contribution < 1.29 is 23.8 Å². The Labute approximate surface area is 141 Å². The lowest BCUT2D eigenvalue weighted by Gasteiger charge is -2.30. The Morgan fingerprint density at radius 3 is 2.42 bits per heavy atom. The zero-order valence-electron chi connectivity index (χ0n) is 14.0. The average Bonchev–Trinajstić information content (AvgIpc) is 3.07. The minimum atomic E-state index is -1.22. The quantitative estimate of drug-likeness (QED) is 0.802. The molecule has 1 amide bonds. The fourth-order valence-electron chi connectivity index (χ4n) is 3.10. The highest BCUT2D eigenvalue weighted by Gasteiger charge is 2.38. The Hall–Kier alpha value is -2.11. The number of halogens is 1. The standard InChI is InChI=1S/C18H24FNO4/c1-18(2,12-5-3-4-6-12)17(23)20-11-15(16(21)22)24-14-9-7-13(19)8-10-14/h7-10,12,15H,3-6,11H2,1-2H3,(H,20,23)(H,21,22). The maximum atomic E-state index is 12.9. The smallest absolute Gasteiger partial charge is 0.346 e. The number of carbonyl (C=O) groups excluding carboxylic acids is 1. The van der Waals surface area contributed by atoms with Gasteiger partial charge in [-0.25, -0.2) is 9.18 Å². The van der Waals surface area contributed by atoms with Crippen molar-refractivity contribution in [2.75, 3.05) is 6.54 Å². The Bertz CT molecular complexity index is 579. The molecule has 0 radical (unpaired) electrons. The number of benzene rings is 1. The van der Waals surface area contributed by atoms with E-state index in [9.17, 15) is 19.1 Å². The molecule has 0 saturated heterocycles. The van der Waals surface area contributed by atoms with Crippen molar-refractivity contribution in [3.63, 3.8) is 0 Å². The van der Waals surface area contributed by atoms with Crippen LogP contribution in [0.15, 0.2) is 24.3 Å². The van der Waals surface area contributed by atoms with Crippen LogP contribution < -0.4 is 10.1 Å². The number of carboxylic acids is 1. The molecule has 24 heavy (non-hydrogen) atoms. The summed E-state index contributed by atoms with van der Waals surface area (Å²) in [6.45, 7) is 3.66. The average molecular weight is 337 g/mol. The summed E-state index contributed by atoms with van der Waals surface area (Å²) in [5, 5.41) is 12.0. The summed E-state index contributed by atoms with van der Waals surface area (Å²) >= 11 is 0. The van der Waals surface area contributed by atoms with E-state index in [1.165, 1.54) is 24.3 Å². The Balaban J connectivity index is 1.94. The Morgan fingerprint density at radius 1 is 1.29 bits per heavy atom. The van der Waals surface area contributed by atoms with Gasteiger partial charge in [-0.3, -0.25) is 4.79 Å². The van der Waals surface area contributed by atoms with Gasteiger partial charge < -0.3 is 15.2 Å². The molecule has 1 aliphatic rings. The fraction of sp³-hybridized carbons (Fsp3) is 0.556. The van der Waals surface area contributed by atoms with Crippen LogP contribution in [0.25, 0.3) is 0 Å². The van der Waals surface area contributed by atoms with Gasteiger partial charge in [0, 0.05) is 5.41 Å². The van der Waals surface area contributed by atoms with E-state index in [1.807, 2.05) is 13.8 Å². The summed E-state index contributed by atoms with van der Waals surface area (Å²) in [6.07, 6.45) is 3.09. The molecule has 1 aromatic rings. The van der Waals surface area contributed by atoms with Crippen LogP contribution in [0.1, 0.15) is 39.5 Å². The molecule has 0 aromatic heterocycles. The van der Waals surface area contributed by atoms with Crippen molar-refractivity contribution in [3.05, 3.63) is 30.1 Å². The second-order valence-electron chi connectivity index (χ2n) is 6.81. The van der Waals surface area contributed by atoms with Gasteiger partial charge in [-0.1, -0.05) is 26.7 Å². The predicted octanol–water partition coefficient (Wildman–Crippen LogP) is 2.99. The van der Waals surface area contributed by atoms with Crippen molar-refractivity contribution in [2.45, 2.75) is 45.6 Å².